The van der Waals surface area contributed by atoms with Crippen molar-refractivity contribution in [2.75, 3.05) is 6.54 Å². The highest BCUT2D eigenvalue weighted by Crippen LogP contribution is 2.31. The molecule has 2 aliphatic rings. The SMILES string of the molecule is O=C(O)C[C@@H](CC1CCCC1)C(=O)N[C@H]1Cc2cn(c3ccccc23)CCCCCNC1=O. The van der Waals surface area contributed by atoms with Crippen LogP contribution in [0.4, 0.5) is 0 Å². The lowest BCUT2D eigenvalue weighted by atomic mass is 9.90. The van der Waals surface area contributed by atoms with E-state index in [0.29, 0.717) is 25.3 Å². The Morgan fingerprint density at radius 1 is 1.12 bits per heavy atom. The van der Waals surface area contributed by atoms with Crippen molar-refractivity contribution >= 4 is 28.7 Å². The van der Waals surface area contributed by atoms with Gasteiger partial charge in [0.05, 0.1) is 6.42 Å². The van der Waals surface area contributed by atoms with Gasteiger partial charge in [-0.1, -0.05) is 43.9 Å². The van der Waals surface area contributed by atoms with Crippen molar-refractivity contribution < 1.29 is 19.5 Å². The summed E-state index contributed by atoms with van der Waals surface area (Å²) in [5, 5.41) is 16.4. The van der Waals surface area contributed by atoms with Crippen molar-refractivity contribution in [3.63, 3.8) is 0 Å². The first-order valence-corrected chi connectivity index (χ1v) is 12.4. The molecule has 178 valence electrons. The molecule has 1 aliphatic carbocycles. The summed E-state index contributed by atoms with van der Waals surface area (Å²) in [6, 6.07) is 7.44. The number of aliphatic carboxylic acids is 1. The fraction of sp³-hybridized carbons (Fsp3) is 0.577. The Balaban J connectivity index is 1.57. The summed E-state index contributed by atoms with van der Waals surface area (Å²) in [6.45, 7) is 1.51. The zero-order chi connectivity index (χ0) is 23.2. The van der Waals surface area contributed by atoms with E-state index in [4.69, 9.17) is 0 Å². The number of aromatic nitrogens is 1. The maximum atomic E-state index is 13.2. The van der Waals surface area contributed by atoms with Gasteiger partial charge in [0.1, 0.15) is 6.04 Å². The minimum atomic E-state index is -0.973. The molecule has 33 heavy (non-hydrogen) atoms. The molecule has 0 unspecified atom stereocenters. The Morgan fingerprint density at radius 3 is 2.70 bits per heavy atom. The molecule has 1 aromatic carbocycles. The zero-order valence-electron chi connectivity index (χ0n) is 19.2. The largest absolute Gasteiger partial charge is 0.481 e. The maximum absolute atomic E-state index is 13.2. The average molecular weight is 454 g/mol. The van der Waals surface area contributed by atoms with E-state index < -0.39 is 17.9 Å². The van der Waals surface area contributed by atoms with Crippen LogP contribution in [0.3, 0.4) is 0 Å². The Hall–Kier alpha value is -2.83. The third-order valence-corrected chi connectivity index (χ3v) is 7.19. The van der Waals surface area contributed by atoms with Gasteiger partial charge in [0.2, 0.25) is 11.8 Å². The number of para-hydroxylation sites is 1. The lowest BCUT2D eigenvalue weighted by molar-refractivity contribution is -0.142. The number of benzene rings is 1. The molecule has 7 nitrogen and oxygen atoms in total. The van der Waals surface area contributed by atoms with Crippen molar-refractivity contribution in [3.8, 4) is 0 Å². The van der Waals surface area contributed by atoms with Crippen molar-refractivity contribution in [1.29, 1.82) is 0 Å². The molecule has 1 aromatic heterocycles. The van der Waals surface area contributed by atoms with Crippen LogP contribution in [0.1, 0.15) is 63.4 Å². The van der Waals surface area contributed by atoms with E-state index in [1.807, 2.05) is 12.1 Å². The van der Waals surface area contributed by atoms with Crippen molar-refractivity contribution in [2.45, 2.75) is 76.8 Å². The number of nitrogens with zero attached hydrogens (tertiary/aromatic N) is 1. The van der Waals surface area contributed by atoms with Crippen molar-refractivity contribution in [3.05, 3.63) is 36.0 Å². The maximum Gasteiger partial charge on any atom is 0.304 e. The van der Waals surface area contributed by atoms with Crippen LogP contribution in [0, 0.1) is 11.8 Å². The number of nitrogens with one attached hydrogen (secondary N) is 2. The van der Waals surface area contributed by atoms with Gasteiger partial charge in [0.25, 0.3) is 0 Å². The van der Waals surface area contributed by atoms with Gasteiger partial charge in [-0.2, -0.15) is 0 Å². The Bertz CT molecular complexity index is 993. The number of carboxylic acid groups (broad SMARTS) is 1. The molecule has 2 heterocycles. The molecule has 0 spiro atoms. The van der Waals surface area contributed by atoms with Crippen LogP contribution in [0.15, 0.2) is 30.5 Å². The van der Waals surface area contributed by atoms with E-state index in [-0.39, 0.29) is 18.2 Å². The first kappa shape index (κ1) is 23.3. The zero-order valence-corrected chi connectivity index (χ0v) is 19.2. The first-order chi connectivity index (χ1) is 16.0. The fourth-order valence-electron chi connectivity index (χ4n) is 5.45. The summed E-state index contributed by atoms with van der Waals surface area (Å²) >= 11 is 0. The fourth-order valence-corrected chi connectivity index (χ4v) is 5.45. The Kier molecular flexibility index (Phi) is 7.68. The van der Waals surface area contributed by atoms with E-state index in [9.17, 15) is 19.5 Å². The second kappa shape index (κ2) is 10.9. The number of aryl methyl sites for hydroxylation is 1. The second-order valence-corrected chi connectivity index (χ2v) is 9.66. The van der Waals surface area contributed by atoms with Crippen LogP contribution in [0.2, 0.25) is 0 Å². The summed E-state index contributed by atoms with van der Waals surface area (Å²) in [4.78, 5) is 37.7. The molecule has 4 rings (SSSR count). The number of carboxylic acids is 1. The van der Waals surface area contributed by atoms with E-state index >= 15 is 0 Å². The average Bonchev–Trinajstić information content (AvgIpc) is 3.42. The van der Waals surface area contributed by atoms with Crippen molar-refractivity contribution in [2.24, 2.45) is 11.8 Å². The van der Waals surface area contributed by atoms with Gasteiger partial charge in [0, 0.05) is 42.5 Å². The Morgan fingerprint density at radius 2 is 1.91 bits per heavy atom. The Labute approximate surface area is 194 Å². The number of amides is 2. The van der Waals surface area contributed by atoms with Gasteiger partial charge >= 0.3 is 5.97 Å². The van der Waals surface area contributed by atoms with Gasteiger partial charge in [-0.15, -0.1) is 0 Å². The van der Waals surface area contributed by atoms with E-state index in [2.05, 4.69) is 33.5 Å². The molecular formula is C26H35N3O4. The van der Waals surface area contributed by atoms with Crippen LogP contribution >= 0.6 is 0 Å². The van der Waals surface area contributed by atoms with E-state index in [0.717, 1.165) is 68.0 Å². The lowest BCUT2D eigenvalue weighted by Crippen LogP contribution is -2.50. The number of carbonyl (C=O) groups excluding carboxylic acids is 2. The molecule has 0 radical (unpaired) electrons. The molecular weight excluding hydrogens is 418 g/mol. The molecule has 1 fully saturated rings. The minimum Gasteiger partial charge on any atom is -0.481 e. The molecule has 7 heteroatoms. The van der Waals surface area contributed by atoms with Gasteiger partial charge in [-0.25, -0.2) is 0 Å². The predicted octanol–water partition coefficient (Wildman–Crippen LogP) is 3.64. The minimum absolute atomic E-state index is 0.198. The molecule has 1 aliphatic heterocycles. The monoisotopic (exact) mass is 453 g/mol. The van der Waals surface area contributed by atoms with Gasteiger partial charge in [-0.3, -0.25) is 14.4 Å². The van der Waals surface area contributed by atoms with Gasteiger partial charge < -0.3 is 20.3 Å². The van der Waals surface area contributed by atoms with Gasteiger partial charge in [-0.05, 0) is 43.2 Å². The van der Waals surface area contributed by atoms with Gasteiger partial charge in [0.15, 0.2) is 0 Å². The third kappa shape index (κ3) is 5.95. The number of hydrogen-bond donors (Lipinski definition) is 3. The summed E-state index contributed by atoms with van der Waals surface area (Å²) in [5.41, 5.74) is 2.17. The molecule has 3 N–H and O–H groups in total. The van der Waals surface area contributed by atoms with Crippen LogP contribution in [0.25, 0.3) is 10.9 Å². The smallest absolute Gasteiger partial charge is 0.304 e. The standard InChI is InChI=1S/C26H35N3O4/c30-24(31)16-19(14-18-8-2-3-9-18)25(32)28-22-15-20-17-29(23-11-5-4-10-21(20)23)13-7-1-6-12-27-26(22)33/h4-5,10-11,17-19,22H,1-3,6-9,12-16H2,(H,27,33)(H,28,32)(H,30,31)/t19-,22+/m1/s1. The number of fused-ring (bicyclic) bond motifs is 5. The van der Waals surface area contributed by atoms with Crippen LogP contribution in [0.5, 0.6) is 0 Å². The molecule has 2 amide bonds. The second-order valence-electron chi connectivity index (χ2n) is 9.66. The topological polar surface area (TPSA) is 100 Å². The molecule has 1 saturated carbocycles. The quantitative estimate of drug-likeness (QED) is 0.622. The summed E-state index contributed by atoms with van der Waals surface area (Å²) in [5.74, 6) is -1.71. The van der Waals surface area contributed by atoms with Crippen molar-refractivity contribution in [1.82, 2.24) is 15.2 Å². The summed E-state index contributed by atoms with van der Waals surface area (Å²) in [6.07, 6.45) is 10.2. The summed E-state index contributed by atoms with van der Waals surface area (Å²) < 4.78 is 2.25. The highest BCUT2D eigenvalue weighted by molar-refractivity contribution is 5.91. The number of carbonyl (C=O) groups is 3. The third-order valence-electron chi connectivity index (χ3n) is 7.19. The highest BCUT2D eigenvalue weighted by atomic mass is 16.4. The van der Waals surface area contributed by atoms with Crippen LogP contribution < -0.4 is 10.6 Å². The van der Waals surface area contributed by atoms with Crippen LogP contribution in [-0.2, 0) is 27.3 Å². The highest BCUT2D eigenvalue weighted by Gasteiger charge is 2.31. The number of rotatable bonds is 6. The normalized spacial score (nSPS) is 21.1. The molecule has 0 saturated heterocycles. The molecule has 2 bridgehead atoms. The van der Waals surface area contributed by atoms with E-state index in [1.54, 1.807) is 0 Å². The lowest BCUT2D eigenvalue weighted by Gasteiger charge is -2.23. The first-order valence-electron chi connectivity index (χ1n) is 12.4. The van der Waals surface area contributed by atoms with E-state index in [1.165, 1.54) is 0 Å². The summed E-state index contributed by atoms with van der Waals surface area (Å²) in [7, 11) is 0. The molecule has 2 aromatic rings. The number of hydrogen-bond acceptors (Lipinski definition) is 3. The van der Waals surface area contributed by atoms with Crippen LogP contribution in [-0.4, -0.2) is 40.0 Å². The predicted molar refractivity (Wildman–Crippen MR) is 127 cm³/mol. The molecule has 2 atom stereocenters.